The number of ether oxygens (including phenoxy) is 1. The summed E-state index contributed by atoms with van der Waals surface area (Å²) in [7, 11) is 1.66. The van der Waals surface area contributed by atoms with Gasteiger partial charge in [-0.25, -0.2) is 0 Å². The lowest BCUT2D eigenvalue weighted by atomic mass is 10.1. The topological polar surface area (TPSA) is 29.5 Å². The highest BCUT2D eigenvalue weighted by molar-refractivity contribution is 7.99. The van der Waals surface area contributed by atoms with E-state index in [1.165, 1.54) is 0 Å². The van der Waals surface area contributed by atoms with Crippen molar-refractivity contribution in [1.29, 1.82) is 0 Å². The van der Waals surface area contributed by atoms with Gasteiger partial charge in [-0.1, -0.05) is 36.0 Å². The molecule has 1 N–H and O–H groups in total. The molecule has 0 saturated carbocycles. The third-order valence-electron chi connectivity index (χ3n) is 2.64. The number of benzene rings is 2. The molecule has 2 rings (SSSR count). The van der Waals surface area contributed by atoms with E-state index in [1.54, 1.807) is 25.8 Å². The maximum absolute atomic E-state index is 9.75. The third kappa shape index (κ3) is 3.06. The molecular formula is C15H16O2S. The predicted molar refractivity (Wildman–Crippen MR) is 74.2 cm³/mol. The molecular weight excluding hydrogens is 244 g/mol. The van der Waals surface area contributed by atoms with Gasteiger partial charge in [0, 0.05) is 9.79 Å². The van der Waals surface area contributed by atoms with Crippen LogP contribution in [0.5, 0.6) is 5.75 Å². The van der Waals surface area contributed by atoms with Crippen molar-refractivity contribution in [1.82, 2.24) is 0 Å². The molecule has 0 aliphatic rings. The fraction of sp³-hybridized carbons (Fsp3) is 0.200. The van der Waals surface area contributed by atoms with Crippen molar-refractivity contribution < 1.29 is 9.84 Å². The van der Waals surface area contributed by atoms with Crippen LogP contribution in [0.3, 0.4) is 0 Å². The second-order valence-electron chi connectivity index (χ2n) is 3.99. The molecule has 0 saturated heterocycles. The van der Waals surface area contributed by atoms with Gasteiger partial charge in [0.15, 0.2) is 0 Å². The van der Waals surface area contributed by atoms with Gasteiger partial charge >= 0.3 is 0 Å². The number of hydrogen-bond donors (Lipinski definition) is 1. The van der Waals surface area contributed by atoms with Crippen LogP contribution in [0.4, 0.5) is 0 Å². The van der Waals surface area contributed by atoms with Crippen molar-refractivity contribution in [2.75, 3.05) is 7.11 Å². The third-order valence-corrected chi connectivity index (χ3v) is 3.72. The van der Waals surface area contributed by atoms with Gasteiger partial charge in [0.2, 0.25) is 0 Å². The first-order valence-electron chi connectivity index (χ1n) is 5.79. The first-order chi connectivity index (χ1) is 8.70. The zero-order valence-electron chi connectivity index (χ0n) is 10.5. The molecule has 0 radical (unpaired) electrons. The van der Waals surface area contributed by atoms with Crippen LogP contribution in [0.25, 0.3) is 0 Å². The van der Waals surface area contributed by atoms with Crippen molar-refractivity contribution >= 4 is 11.8 Å². The molecule has 3 heteroatoms. The summed E-state index contributed by atoms with van der Waals surface area (Å²) < 4.78 is 5.21. The summed E-state index contributed by atoms with van der Waals surface area (Å²) in [6.45, 7) is 1.78. The van der Waals surface area contributed by atoms with Crippen molar-refractivity contribution in [2.45, 2.75) is 22.8 Å². The smallest absolute Gasteiger partial charge is 0.119 e. The van der Waals surface area contributed by atoms with E-state index in [-0.39, 0.29) is 0 Å². The van der Waals surface area contributed by atoms with Crippen LogP contribution >= 0.6 is 11.8 Å². The highest BCUT2D eigenvalue weighted by Crippen LogP contribution is 2.34. The van der Waals surface area contributed by atoms with Crippen LogP contribution in [0.15, 0.2) is 58.3 Å². The summed E-state index contributed by atoms with van der Waals surface area (Å²) >= 11 is 1.63. The van der Waals surface area contributed by atoms with E-state index in [0.29, 0.717) is 0 Å². The average molecular weight is 260 g/mol. The van der Waals surface area contributed by atoms with Gasteiger partial charge in [0.25, 0.3) is 0 Å². The van der Waals surface area contributed by atoms with E-state index in [9.17, 15) is 5.11 Å². The standard InChI is InChI=1S/C15H16O2S/c1-11(16)14-8-3-4-9-15(14)18-13-7-5-6-12(10-13)17-2/h3-11,16H,1-2H3/t11-/m1/s1. The van der Waals surface area contributed by atoms with Crippen molar-refractivity contribution in [2.24, 2.45) is 0 Å². The Morgan fingerprint density at radius 3 is 2.61 bits per heavy atom. The van der Waals surface area contributed by atoms with Crippen LogP contribution in [0.2, 0.25) is 0 Å². The molecule has 94 valence electrons. The molecule has 1 atom stereocenters. The SMILES string of the molecule is COc1cccc(Sc2ccccc2[C@@H](C)O)c1. The molecule has 2 aromatic rings. The van der Waals surface area contributed by atoms with Gasteiger partial charge in [0.05, 0.1) is 13.2 Å². The molecule has 0 aliphatic heterocycles. The summed E-state index contributed by atoms with van der Waals surface area (Å²) in [4.78, 5) is 2.17. The van der Waals surface area contributed by atoms with Crippen molar-refractivity contribution in [3.8, 4) is 5.75 Å². The lowest BCUT2D eigenvalue weighted by Gasteiger charge is -2.11. The molecule has 2 nitrogen and oxygen atoms in total. The summed E-state index contributed by atoms with van der Waals surface area (Å²) in [6, 6.07) is 15.8. The van der Waals surface area contributed by atoms with Crippen molar-refractivity contribution in [3.05, 3.63) is 54.1 Å². The highest BCUT2D eigenvalue weighted by atomic mass is 32.2. The lowest BCUT2D eigenvalue weighted by molar-refractivity contribution is 0.196. The molecule has 0 fully saturated rings. The Kier molecular flexibility index (Phi) is 4.28. The summed E-state index contributed by atoms with van der Waals surface area (Å²) in [5.41, 5.74) is 0.949. The first kappa shape index (κ1) is 13.0. The van der Waals surface area contributed by atoms with Gasteiger partial charge in [-0.2, -0.15) is 0 Å². The summed E-state index contributed by atoms with van der Waals surface area (Å²) in [5, 5.41) is 9.75. The summed E-state index contributed by atoms with van der Waals surface area (Å²) in [5.74, 6) is 0.842. The Morgan fingerprint density at radius 2 is 1.89 bits per heavy atom. The zero-order valence-corrected chi connectivity index (χ0v) is 11.3. The quantitative estimate of drug-likeness (QED) is 0.904. The van der Waals surface area contributed by atoms with E-state index < -0.39 is 6.10 Å². The second-order valence-corrected chi connectivity index (χ2v) is 5.11. The molecule has 0 unspecified atom stereocenters. The molecule has 0 spiro atoms. The van der Waals surface area contributed by atoms with E-state index in [1.807, 2.05) is 48.5 Å². The van der Waals surface area contributed by atoms with Crippen LogP contribution < -0.4 is 4.74 Å². The number of hydrogen-bond acceptors (Lipinski definition) is 3. The Hall–Kier alpha value is -1.45. The maximum Gasteiger partial charge on any atom is 0.119 e. The number of aliphatic hydroxyl groups excluding tert-OH is 1. The fourth-order valence-corrected chi connectivity index (χ4v) is 2.79. The van der Waals surface area contributed by atoms with E-state index in [2.05, 4.69) is 0 Å². The fourth-order valence-electron chi connectivity index (χ4n) is 1.71. The monoisotopic (exact) mass is 260 g/mol. The first-order valence-corrected chi connectivity index (χ1v) is 6.61. The number of methoxy groups -OCH3 is 1. The minimum Gasteiger partial charge on any atom is -0.497 e. The molecule has 0 aliphatic carbocycles. The average Bonchev–Trinajstić information content (AvgIpc) is 2.39. The number of rotatable bonds is 4. The minimum atomic E-state index is -0.459. The van der Waals surface area contributed by atoms with Gasteiger partial charge in [-0.05, 0) is 36.8 Å². The van der Waals surface area contributed by atoms with E-state index in [0.717, 1.165) is 21.1 Å². The second kappa shape index (κ2) is 5.94. The molecule has 2 aromatic carbocycles. The normalized spacial score (nSPS) is 12.2. The largest absolute Gasteiger partial charge is 0.497 e. The van der Waals surface area contributed by atoms with E-state index in [4.69, 9.17) is 4.74 Å². The van der Waals surface area contributed by atoms with E-state index >= 15 is 0 Å². The van der Waals surface area contributed by atoms with Gasteiger partial charge in [-0.15, -0.1) is 0 Å². The van der Waals surface area contributed by atoms with Gasteiger partial charge in [0.1, 0.15) is 5.75 Å². The Bertz CT molecular complexity index is 523. The van der Waals surface area contributed by atoms with Crippen LogP contribution in [-0.4, -0.2) is 12.2 Å². The maximum atomic E-state index is 9.75. The molecule has 0 bridgehead atoms. The number of aliphatic hydroxyl groups is 1. The van der Waals surface area contributed by atoms with Crippen molar-refractivity contribution in [3.63, 3.8) is 0 Å². The van der Waals surface area contributed by atoms with Gasteiger partial charge < -0.3 is 9.84 Å². The zero-order chi connectivity index (χ0) is 13.0. The Morgan fingerprint density at radius 1 is 1.11 bits per heavy atom. The molecule has 0 heterocycles. The lowest BCUT2D eigenvalue weighted by Crippen LogP contribution is -1.93. The van der Waals surface area contributed by atoms with Gasteiger partial charge in [-0.3, -0.25) is 0 Å². The molecule has 0 amide bonds. The summed E-state index contributed by atoms with van der Waals surface area (Å²) in [6.07, 6.45) is -0.459. The Labute approximate surface area is 112 Å². The van der Waals surface area contributed by atoms with Crippen LogP contribution in [-0.2, 0) is 0 Å². The predicted octanol–water partition coefficient (Wildman–Crippen LogP) is 3.90. The van der Waals surface area contributed by atoms with Crippen LogP contribution in [0, 0.1) is 0 Å². The minimum absolute atomic E-state index is 0.459. The molecule has 0 aromatic heterocycles. The van der Waals surface area contributed by atoms with Crippen LogP contribution in [0.1, 0.15) is 18.6 Å². The highest BCUT2D eigenvalue weighted by Gasteiger charge is 2.08. The Balaban J connectivity index is 2.28. The molecule has 18 heavy (non-hydrogen) atoms.